The average molecular weight is 288 g/mol. The Morgan fingerprint density at radius 3 is 3.10 bits per heavy atom. The minimum absolute atomic E-state index is 0.672. The number of nitrogens with zero attached hydrogens (tertiary/aromatic N) is 1. The molecule has 1 aromatic carbocycles. The molecule has 0 spiro atoms. The van der Waals surface area contributed by atoms with Crippen LogP contribution in [0.25, 0.3) is 0 Å². The van der Waals surface area contributed by atoms with Crippen molar-refractivity contribution in [2.45, 2.75) is 57.7 Å². The predicted octanol–water partition coefficient (Wildman–Crippen LogP) is 3.19. The molecule has 3 rings (SSSR count). The fourth-order valence-corrected chi connectivity index (χ4v) is 3.70. The van der Waals surface area contributed by atoms with Crippen LogP contribution in [0.15, 0.2) is 24.3 Å². The number of hydrogen-bond acceptors (Lipinski definition) is 3. The van der Waals surface area contributed by atoms with E-state index in [1.165, 1.54) is 44.3 Å². The fourth-order valence-electron chi connectivity index (χ4n) is 3.70. The summed E-state index contributed by atoms with van der Waals surface area (Å²) in [6, 6.07) is 9.97. The molecule has 2 saturated heterocycles. The molecule has 0 aliphatic carbocycles. The number of fused-ring (bicyclic) bond motifs is 1. The first-order valence-electron chi connectivity index (χ1n) is 8.56. The second-order valence-electron chi connectivity index (χ2n) is 6.37. The fraction of sp³-hybridized carbons (Fsp3) is 0.667. The van der Waals surface area contributed by atoms with E-state index in [9.17, 15) is 0 Å². The summed E-state index contributed by atoms with van der Waals surface area (Å²) < 4.78 is 5.72. The summed E-state index contributed by atoms with van der Waals surface area (Å²) in [5.74, 6) is 1.00. The predicted molar refractivity (Wildman–Crippen MR) is 86.7 cm³/mol. The van der Waals surface area contributed by atoms with Crippen LogP contribution in [0.1, 0.15) is 44.6 Å². The molecule has 0 radical (unpaired) electrons. The van der Waals surface area contributed by atoms with Crippen molar-refractivity contribution < 1.29 is 4.74 Å². The topological polar surface area (TPSA) is 24.5 Å². The largest absolute Gasteiger partial charge is 0.494 e. The molecule has 0 amide bonds. The van der Waals surface area contributed by atoms with Crippen LogP contribution in [-0.2, 0) is 6.54 Å². The van der Waals surface area contributed by atoms with Crippen molar-refractivity contribution in [2.75, 3.05) is 19.7 Å². The second-order valence-corrected chi connectivity index (χ2v) is 6.37. The Labute approximate surface area is 128 Å². The van der Waals surface area contributed by atoms with E-state index < -0.39 is 0 Å². The minimum atomic E-state index is 0.672. The third-order valence-electron chi connectivity index (χ3n) is 4.80. The van der Waals surface area contributed by atoms with Crippen LogP contribution in [0.4, 0.5) is 0 Å². The molecule has 0 saturated carbocycles. The van der Waals surface area contributed by atoms with Gasteiger partial charge in [0.2, 0.25) is 0 Å². The van der Waals surface area contributed by atoms with Crippen molar-refractivity contribution in [3.8, 4) is 5.75 Å². The molecule has 116 valence electrons. The molecule has 0 bridgehead atoms. The Kier molecular flexibility index (Phi) is 5.15. The number of hydrogen-bond donors (Lipinski definition) is 1. The standard InChI is InChI=1S/C18H28N2O/c1-2-12-21-16-7-5-6-15(13-16)14-19-17-9-11-20-10-4-3-8-18(17)20/h5-7,13,17-19H,2-4,8-12,14H2,1H3. The molecule has 2 unspecified atom stereocenters. The van der Waals surface area contributed by atoms with E-state index in [1.54, 1.807) is 0 Å². The number of piperidine rings is 1. The molecule has 3 nitrogen and oxygen atoms in total. The molecule has 1 N–H and O–H groups in total. The first kappa shape index (κ1) is 14.9. The minimum Gasteiger partial charge on any atom is -0.494 e. The number of rotatable bonds is 6. The normalized spacial score (nSPS) is 25.8. The summed E-state index contributed by atoms with van der Waals surface area (Å²) >= 11 is 0. The van der Waals surface area contributed by atoms with E-state index in [1.807, 2.05) is 0 Å². The van der Waals surface area contributed by atoms with Crippen LogP contribution in [0.2, 0.25) is 0 Å². The van der Waals surface area contributed by atoms with Gasteiger partial charge in [0.1, 0.15) is 5.75 Å². The van der Waals surface area contributed by atoms with Gasteiger partial charge in [0, 0.05) is 25.2 Å². The Hall–Kier alpha value is -1.06. The highest BCUT2D eigenvalue weighted by Crippen LogP contribution is 2.27. The lowest BCUT2D eigenvalue weighted by Gasteiger charge is -2.32. The molecular formula is C18H28N2O. The Balaban J connectivity index is 1.52. The summed E-state index contributed by atoms with van der Waals surface area (Å²) in [7, 11) is 0. The summed E-state index contributed by atoms with van der Waals surface area (Å²) in [6.07, 6.45) is 6.52. The van der Waals surface area contributed by atoms with E-state index in [2.05, 4.69) is 41.4 Å². The van der Waals surface area contributed by atoms with Crippen LogP contribution < -0.4 is 10.1 Å². The van der Waals surface area contributed by atoms with Gasteiger partial charge in [0.05, 0.1) is 6.61 Å². The van der Waals surface area contributed by atoms with E-state index in [0.717, 1.165) is 31.4 Å². The maximum absolute atomic E-state index is 5.72. The lowest BCUT2D eigenvalue weighted by Crippen LogP contribution is -2.44. The van der Waals surface area contributed by atoms with Gasteiger partial charge in [-0.2, -0.15) is 0 Å². The van der Waals surface area contributed by atoms with Crippen LogP contribution >= 0.6 is 0 Å². The zero-order valence-corrected chi connectivity index (χ0v) is 13.2. The third kappa shape index (κ3) is 3.78. The monoisotopic (exact) mass is 288 g/mol. The third-order valence-corrected chi connectivity index (χ3v) is 4.80. The zero-order valence-electron chi connectivity index (χ0n) is 13.2. The highest BCUT2D eigenvalue weighted by molar-refractivity contribution is 5.28. The van der Waals surface area contributed by atoms with Gasteiger partial charge >= 0.3 is 0 Å². The molecule has 2 fully saturated rings. The molecule has 0 aromatic heterocycles. The Bertz CT molecular complexity index is 449. The first-order valence-corrected chi connectivity index (χ1v) is 8.56. The van der Waals surface area contributed by atoms with E-state index in [0.29, 0.717) is 6.04 Å². The van der Waals surface area contributed by atoms with Crippen molar-refractivity contribution in [1.82, 2.24) is 10.2 Å². The average Bonchev–Trinajstić information content (AvgIpc) is 2.95. The summed E-state index contributed by atoms with van der Waals surface area (Å²) in [6.45, 7) is 6.49. The van der Waals surface area contributed by atoms with Crippen LogP contribution in [0.5, 0.6) is 5.75 Å². The van der Waals surface area contributed by atoms with E-state index in [-0.39, 0.29) is 0 Å². The first-order chi connectivity index (χ1) is 10.4. The number of ether oxygens (including phenoxy) is 1. The van der Waals surface area contributed by atoms with Crippen molar-refractivity contribution in [2.24, 2.45) is 0 Å². The van der Waals surface area contributed by atoms with Gasteiger partial charge in [-0.15, -0.1) is 0 Å². The van der Waals surface area contributed by atoms with Crippen molar-refractivity contribution >= 4 is 0 Å². The molecule has 21 heavy (non-hydrogen) atoms. The van der Waals surface area contributed by atoms with Gasteiger partial charge in [-0.25, -0.2) is 0 Å². The molecule has 2 aliphatic rings. The SMILES string of the molecule is CCCOc1cccc(CNC2CCN3CCCCC23)c1. The van der Waals surface area contributed by atoms with Crippen molar-refractivity contribution in [3.63, 3.8) is 0 Å². The van der Waals surface area contributed by atoms with Crippen LogP contribution in [0.3, 0.4) is 0 Å². The highest BCUT2D eigenvalue weighted by Gasteiger charge is 2.34. The van der Waals surface area contributed by atoms with Gasteiger partial charge in [-0.3, -0.25) is 4.90 Å². The maximum Gasteiger partial charge on any atom is 0.119 e. The number of benzene rings is 1. The van der Waals surface area contributed by atoms with Gasteiger partial charge in [0.25, 0.3) is 0 Å². The maximum atomic E-state index is 5.72. The molecule has 2 aliphatic heterocycles. The van der Waals surface area contributed by atoms with Gasteiger partial charge < -0.3 is 10.1 Å². The Morgan fingerprint density at radius 1 is 1.24 bits per heavy atom. The molecule has 2 atom stereocenters. The highest BCUT2D eigenvalue weighted by atomic mass is 16.5. The summed E-state index contributed by atoms with van der Waals surface area (Å²) in [5.41, 5.74) is 1.33. The van der Waals surface area contributed by atoms with Gasteiger partial charge in [-0.05, 0) is 49.9 Å². The lowest BCUT2D eigenvalue weighted by atomic mass is 9.99. The quantitative estimate of drug-likeness (QED) is 0.870. The van der Waals surface area contributed by atoms with Crippen LogP contribution in [0, 0.1) is 0 Å². The summed E-state index contributed by atoms with van der Waals surface area (Å²) in [5, 5.41) is 3.78. The van der Waals surface area contributed by atoms with Gasteiger partial charge in [-0.1, -0.05) is 25.5 Å². The molecule has 1 aromatic rings. The Morgan fingerprint density at radius 2 is 2.19 bits per heavy atom. The number of nitrogens with one attached hydrogen (secondary N) is 1. The van der Waals surface area contributed by atoms with Gasteiger partial charge in [0.15, 0.2) is 0 Å². The molecule has 2 heterocycles. The molecular weight excluding hydrogens is 260 g/mol. The van der Waals surface area contributed by atoms with E-state index in [4.69, 9.17) is 4.74 Å². The van der Waals surface area contributed by atoms with Crippen molar-refractivity contribution in [3.05, 3.63) is 29.8 Å². The zero-order chi connectivity index (χ0) is 14.5. The lowest BCUT2D eigenvalue weighted by molar-refractivity contribution is 0.180. The smallest absolute Gasteiger partial charge is 0.119 e. The van der Waals surface area contributed by atoms with Crippen molar-refractivity contribution in [1.29, 1.82) is 0 Å². The summed E-state index contributed by atoms with van der Waals surface area (Å²) in [4.78, 5) is 2.68. The van der Waals surface area contributed by atoms with Crippen LogP contribution in [-0.4, -0.2) is 36.7 Å². The van der Waals surface area contributed by atoms with E-state index >= 15 is 0 Å². The molecule has 3 heteroatoms. The second kappa shape index (κ2) is 7.28.